The minimum Gasteiger partial charge on any atom is -0.292 e. The Labute approximate surface area is 234 Å². The standard InChI is InChI=1S/C34H30O6/c1-24-21-22-34(2,40-39-33(36)30-20-12-10-18-28(30)26-15-7-4-8-16-26)31(23-24)37-38-32(35)29-19-11-9-17-27(29)25-13-5-3-6-14-25/h3-20,24,31H,1-2,21-23H2. The first-order chi connectivity index (χ1) is 19.4. The molecule has 0 aromatic heterocycles. The highest BCUT2D eigenvalue weighted by Gasteiger charge is 2.45. The molecule has 0 bridgehead atoms. The molecule has 6 nitrogen and oxygen atoms in total. The fraction of sp³-hybridized carbons (Fsp3) is 0.176. The van der Waals surface area contributed by atoms with Gasteiger partial charge in [0.1, 0.15) is 11.7 Å². The second-order valence-electron chi connectivity index (χ2n) is 9.94. The summed E-state index contributed by atoms with van der Waals surface area (Å²) in [5, 5.41) is 0. The molecule has 0 spiro atoms. The van der Waals surface area contributed by atoms with Crippen molar-refractivity contribution in [2.75, 3.05) is 0 Å². The topological polar surface area (TPSA) is 71.1 Å². The van der Waals surface area contributed by atoms with Crippen molar-refractivity contribution in [1.82, 2.24) is 0 Å². The molecule has 2 radical (unpaired) electrons. The monoisotopic (exact) mass is 534 g/mol. The van der Waals surface area contributed by atoms with Crippen LogP contribution in [0.1, 0.15) is 40.0 Å². The lowest BCUT2D eigenvalue weighted by Gasteiger charge is -2.39. The summed E-state index contributed by atoms with van der Waals surface area (Å²) < 4.78 is 0. The SMILES string of the molecule is [CH2]C1CCC([CH2])(OOC(=O)c2ccccc2-c2ccccc2)C(OOC(=O)c2ccccc2-c2ccccc2)C1. The molecule has 0 N–H and O–H groups in total. The van der Waals surface area contributed by atoms with Gasteiger partial charge < -0.3 is 0 Å². The molecule has 6 heteroatoms. The maximum absolute atomic E-state index is 13.1. The fourth-order valence-electron chi connectivity index (χ4n) is 4.84. The molecule has 4 aromatic rings. The summed E-state index contributed by atoms with van der Waals surface area (Å²) in [6.45, 7) is 8.29. The van der Waals surface area contributed by atoms with Crippen molar-refractivity contribution in [2.45, 2.75) is 31.0 Å². The third kappa shape index (κ3) is 6.14. The first-order valence-electron chi connectivity index (χ1n) is 13.2. The van der Waals surface area contributed by atoms with Gasteiger partial charge in [-0.15, -0.1) is 0 Å². The van der Waals surface area contributed by atoms with Crippen LogP contribution in [0.25, 0.3) is 22.3 Å². The van der Waals surface area contributed by atoms with Crippen LogP contribution in [-0.2, 0) is 19.6 Å². The van der Waals surface area contributed by atoms with Gasteiger partial charge in [-0.2, -0.15) is 9.78 Å². The molecule has 0 aliphatic heterocycles. The van der Waals surface area contributed by atoms with Gasteiger partial charge >= 0.3 is 11.9 Å². The summed E-state index contributed by atoms with van der Waals surface area (Å²) in [6.07, 6.45) is 0.646. The number of hydrogen-bond acceptors (Lipinski definition) is 6. The van der Waals surface area contributed by atoms with Crippen LogP contribution < -0.4 is 0 Å². The summed E-state index contributed by atoms with van der Waals surface area (Å²) >= 11 is 0. The molecule has 3 atom stereocenters. The highest BCUT2D eigenvalue weighted by molar-refractivity contribution is 5.97. The minimum absolute atomic E-state index is 0.0216. The Morgan fingerprint density at radius 2 is 1.15 bits per heavy atom. The number of hydrogen-bond donors (Lipinski definition) is 0. The van der Waals surface area contributed by atoms with Gasteiger partial charge in [0.2, 0.25) is 0 Å². The number of rotatable bonds is 8. The van der Waals surface area contributed by atoms with E-state index in [1.807, 2.05) is 84.9 Å². The third-order valence-electron chi connectivity index (χ3n) is 7.10. The Hall–Kier alpha value is -4.26. The summed E-state index contributed by atoms with van der Waals surface area (Å²) in [4.78, 5) is 48.1. The Balaban J connectivity index is 1.28. The third-order valence-corrected chi connectivity index (χ3v) is 7.10. The summed E-state index contributed by atoms with van der Waals surface area (Å²) in [5.74, 6) is -1.29. The summed E-state index contributed by atoms with van der Waals surface area (Å²) in [5.41, 5.74) is 2.60. The van der Waals surface area contributed by atoms with Crippen molar-refractivity contribution in [3.8, 4) is 22.3 Å². The van der Waals surface area contributed by atoms with E-state index >= 15 is 0 Å². The fourth-order valence-corrected chi connectivity index (χ4v) is 4.84. The number of benzene rings is 4. The zero-order chi connectivity index (χ0) is 28.0. The van der Waals surface area contributed by atoms with Gasteiger partial charge in [0.15, 0.2) is 0 Å². The average molecular weight is 535 g/mol. The predicted molar refractivity (Wildman–Crippen MR) is 151 cm³/mol. The maximum Gasteiger partial charge on any atom is 0.373 e. The molecule has 0 saturated heterocycles. The molecule has 3 unspecified atom stereocenters. The van der Waals surface area contributed by atoms with E-state index in [4.69, 9.17) is 19.6 Å². The van der Waals surface area contributed by atoms with Crippen LogP contribution in [0.3, 0.4) is 0 Å². The van der Waals surface area contributed by atoms with Gasteiger partial charge in [-0.3, -0.25) is 9.78 Å². The van der Waals surface area contributed by atoms with Crippen molar-refractivity contribution < 1.29 is 29.1 Å². The van der Waals surface area contributed by atoms with E-state index in [0.29, 0.717) is 30.4 Å². The Bertz CT molecular complexity index is 1450. The van der Waals surface area contributed by atoms with Crippen LogP contribution in [0.5, 0.6) is 0 Å². The van der Waals surface area contributed by atoms with E-state index < -0.39 is 23.6 Å². The van der Waals surface area contributed by atoms with E-state index in [1.165, 1.54) is 0 Å². The van der Waals surface area contributed by atoms with Gasteiger partial charge in [-0.25, -0.2) is 9.59 Å². The van der Waals surface area contributed by atoms with E-state index in [1.54, 1.807) is 24.3 Å². The molecule has 1 aliphatic carbocycles. The largest absolute Gasteiger partial charge is 0.373 e. The second kappa shape index (κ2) is 12.3. The Morgan fingerprint density at radius 1 is 0.675 bits per heavy atom. The lowest BCUT2D eigenvalue weighted by Crippen LogP contribution is -2.49. The highest BCUT2D eigenvalue weighted by Crippen LogP contribution is 2.37. The van der Waals surface area contributed by atoms with Crippen LogP contribution in [0, 0.1) is 19.8 Å². The zero-order valence-corrected chi connectivity index (χ0v) is 22.0. The number of carbonyl (C=O) groups is 2. The first kappa shape index (κ1) is 27.3. The van der Waals surface area contributed by atoms with Gasteiger partial charge in [0.25, 0.3) is 0 Å². The van der Waals surface area contributed by atoms with Crippen LogP contribution >= 0.6 is 0 Å². The molecule has 40 heavy (non-hydrogen) atoms. The van der Waals surface area contributed by atoms with Crippen LogP contribution in [0.15, 0.2) is 109 Å². The molecule has 0 amide bonds. The minimum atomic E-state index is -1.30. The van der Waals surface area contributed by atoms with Gasteiger partial charge in [0, 0.05) is 0 Å². The molecule has 1 saturated carbocycles. The maximum atomic E-state index is 13.1. The van der Waals surface area contributed by atoms with Crippen molar-refractivity contribution in [3.05, 3.63) is 134 Å². The second-order valence-corrected chi connectivity index (χ2v) is 9.94. The first-order valence-corrected chi connectivity index (χ1v) is 13.2. The Kier molecular flexibility index (Phi) is 8.39. The van der Waals surface area contributed by atoms with Crippen molar-refractivity contribution in [3.63, 3.8) is 0 Å². The zero-order valence-electron chi connectivity index (χ0n) is 22.0. The van der Waals surface area contributed by atoms with Crippen LogP contribution in [-0.4, -0.2) is 23.6 Å². The van der Waals surface area contributed by atoms with Crippen LogP contribution in [0.2, 0.25) is 0 Å². The summed E-state index contributed by atoms with van der Waals surface area (Å²) in [6, 6.07) is 33.4. The Morgan fingerprint density at radius 3 is 1.70 bits per heavy atom. The molecule has 4 aromatic carbocycles. The molecule has 0 heterocycles. The number of carbonyl (C=O) groups excluding carboxylic acids is 2. The van der Waals surface area contributed by atoms with E-state index in [9.17, 15) is 9.59 Å². The van der Waals surface area contributed by atoms with Gasteiger partial charge in [-0.05, 0) is 66.5 Å². The molecule has 1 fully saturated rings. The van der Waals surface area contributed by atoms with Gasteiger partial charge in [0.05, 0.1) is 11.1 Å². The molecule has 5 rings (SSSR count). The normalized spacial score (nSPS) is 20.4. The molecule has 202 valence electrons. The molecular weight excluding hydrogens is 504 g/mol. The average Bonchev–Trinajstić information content (AvgIpc) is 3.01. The lowest BCUT2D eigenvalue weighted by molar-refractivity contribution is -0.380. The van der Waals surface area contributed by atoms with Gasteiger partial charge in [-0.1, -0.05) is 104 Å². The molecular formula is C34H30O6. The van der Waals surface area contributed by atoms with E-state index in [2.05, 4.69) is 13.8 Å². The summed E-state index contributed by atoms with van der Waals surface area (Å²) in [7, 11) is 0. The van der Waals surface area contributed by atoms with Crippen molar-refractivity contribution >= 4 is 11.9 Å². The quantitative estimate of drug-likeness (QED) is 0.172. The molecule has 1 aliphatic rings. The lowest BCUT2D eigenvalue weighted by atomic mass is 9.78. The highest BCUT2D eigenvalue weighted by atomic mass is 17.2. The smallest absolute Gasteiger partial charge is 0.292 e. The van der Waals surface area contributed by atoms with Crippen molar-refractivity contribution in [1.29, 1.82) is 0 Å². The van der Waals surface area contributed by atoms with Crippen molar-refractivity contribution in [2.24, 2.45) is 5.92 Å². The van der Waals surface area contributed by atoms with E-state index in [0.717, 1.165) is 22.3 Å². The predicted octanol–water partition coefficient (Wildman–Crippen LogP) is 7.47. The van der Waals surface area contributed by atoms with E-state index in [-0.39, 0.29) is 5.92 Å². The van der Waals surface area contributed by atoms with Crippen LogP contribution in [0.4, 0.5) is 0 Å².